The fourth-order valence-corrected chi connectivity index (χ4v) is 2.14. The zero-order valence-corrected chi connectivity index (χ0v) is 11.8. The largest absolute Gasteiger partial charge is 0.439 e. The first-order chi connectivity index (χ1) is 9.40. The molecular formula is C12H14N4O3S. The summed E-state index contributed by atoms with van der Waals surface area (Å²) in [4.78, 5) is 8.17. The first-order valence-electron chi connectivity index (χ1n) is 5.68. The second-order valence-electron chi connectivity index (χ2n) is 4.18. The Kier molecular flexibility index (Phi) is 3.86. The number of rotatable bonds is 4. The van der Waals surface area contributed by atoms with Gasteiger partial charge in [-0.05, 0) is 25.1 Å². The van der Waals surface area contributed by atoms with Crippen molar-refractivity contribution in [1.82, 2.24) is 9.97 Å². The van der Waals surface area contributed by atoms with E-state index in [1.54, 1.807) is 25.3 Å². The molecule has 0 saturated carbocycles. The van der Waals surface area contributed by atoms with E-state index in [9.17, 15) is 8.42 Å². The molecule has 0 aliphatic heterocycles. The topological polar surface area (TPSA) is 107 Å². The number of hydrazine groups is 1. The SMILES string of the molecule is Cc1cnc(NN)nc1Oc1cccc(S(C)(=O)=O)c1. The molecule has 0 amide bonds. The van der Waals surface area contributed by atoms with Gasteiger partial charge in [0.25, 0.3) is 0 Å². The lowest BCUT2D eigenvalue weighted by Gasteiger charge is -2.09. The van der Waals surface area contributed by atoms with Crippen LogP contribution in [0.2, 0.25) is 0 Å². The summed E-state index contributed by atoms with van der Waals surface area (Å²) in [5.41, 5.74) is 3.02. The molecule has 20 heavy (non-hydrogen) atoms. The summed E-state index contributed by atoms with van der Waals surface area (Å²) in [6.07, 6.45) is 2.69. The van der Waals surface area contributed by atoms with Gasteiger partial charge in [0.15, 0.2) is 9.84 Å². The first kappa shape index (κ1) is 14.2. The van der Waals surface area contributed by atoms with Gasteiger partial charge in [0.05, 0.1) is 4.90 Å². The number of hydrogen-bond donors (Lipinski definition) is 2. The zero-order chi connectivity index (χ0) is 14.8. The highest BCUT2D eigenvalue weighted by Gasteiger charge is 2.10. The van der Waals surface area contributed by atoms with E-state index in [2.05, 4.69) is 15.4 Å². The van der Waals surface area contributed by atoms with Crippen molar-refractivity contribution < 1.29 is 13.2 Å². The van der Waals surface area contributed by atoms with E-state index in [0.717, 1.165) is 6.26 Å². The maximum atomic E-state index is 11.5. The number of aromatic nitrogens is 2. The van der Waals surface area contributed by atoms with Crippen LogP contribution in [0.3, 0.4) is 0 Å². The molecule has 3 N–H and O–H groups in total. The van der Waals surface area contributed by atoms with Crippen LogP contribution in [-0.2, 0) is 9.84 Å². The standard InChI is InChI=1S/C12H14N4O3S/c1-8-7-14-12(16-13)15-11(8)19-9-4-3-5-10(6-9)20(2,17)18/h3-7H,13H2,1-2H3,(H,14,15,16). The number of nitrogen functional groups attached to an aromatic ring is 1. The number of sulfone groups is 1. The lowest BCUT2D eigenvalue weighted by atomic mass is 10.3. The molecule has 0 unspecified atom stereocenters. The molecule has 106 valence electrons. The van der Waals surface area contributed by atoms with Gasteiger partial charge in [-0.15, -0.1) is 0 Å². The Hall–Kier alpha value is -2.19. The number of nitrogens with one attached hydrogen (secondary N) is 1. The number of anilines is 1. The fraction of sp³-hybridized carbons (Fsp3) is 0.167. The Morgan fingerprint density at radius 1 is 1.35 bits per heavy atom. The minimum absolute atomic E-state index is 0.180. The Labute approximate surface area is 116 Å². The van der Waals surface area contributed by atoms with Gasteiger partial charge in [0.2, 0.25) is 11.8 Å². The highest BCUT2D eigenvalue weighted by Crippen LogP contribution is 2.25. The van der Waals surface area contributed by atoms with Crippen LogP contribution in [0.25, 0.3) is 0 Å². The van der Waals surface area contributed by atoms with Crippen molar-refractivity contribution in [2.75, 3.05) is 11.7 Å². The maximum absolute atomic E-state index is 11.5. The molecule has 0 bridgehead atoms. The van der Waals surface area contributed by atoms with Crippen LogP contribution >= 0.6 is 0 Å². The van der Waals surface area contributed by atoms with Gasteiger partial charge in [-0.25, -0.2) is 19.2 Å². The fourth-order valence-electron chi connectivity index (χ4n) is 1.48. The van der Waals surface area contributed by atoms with Crippen LogP contribution in [0.15, 0.2) is 35.4 Å². The summed E-state index contributed by atoms with van der Waals surface area (Å²) in [6.45, 7) is 1.77. The van der Waals surface area contributed by atoms with Gasteiger partial charge in [-0.2, -0.15) is 4.98 Å². The van der Waals surface area contributed by atoms with Gasteiger partial charge in [-0.3, -0.25) is 5.43 Å². The quantitative estimate of drug-likeness (QED) is 0.645. The van der Waals surface area contributed by atoms with E-state index < -0.39 is 9.84 Å². The molecular weight excluding hydrogens is 280 g/mol. The van der Waals surface area contributed by atoms with Gasteiger partial charge in [0.1, 0.15) is 5.75 Å². The van der Waals surface area contributed by atoms with E-state index >= 15 is 0 Å². The smallest absolute Gasteiger partial charge is 0.240 e. The van der Waals surface area contributed by atoms with Crippen molar-refractivity contribution in [2.24, 2.45) is 5.84 Å². The third-order valence-electron chi connectivity index (χ3n) is 2.50. The van der Waals surface area contributed by atoms with Crippen LogP contribution in [0.1, 0.15) is 5.56 Å². The average molecular weight is 294 g/mol. The van der Waals surface area contributed by atoms with Gasteiger partial charge in [0, 0.05) is 18.0 Å². The summed E-state index contributed by atoms with van der Waals surface area (Å²) >= 11 is 0. The first-order valence-corrected chi connectivity index (χ1v) is 7.57. The highest BCUT2D eigenvalue weighted by atomic mass is 32.2. The van der Waals surface area contributed by atoms with Crippen molar-refractivity contribution in [3.05, 3.63) is 36.0 Å². The van der Waals surface area contributed by atoms with Gasteiger partial charge in [-0.1, -0.05) is 6.07 Å². The Bertz CT molecular complexity index is 731. The molecule has 8 heteroatoms. The van der Waals surface area contributed by atoms with Crippen molar-refractivity contribution in [1.29, 1.82) is 0 Å². The Morgan fingerprint density at radius 2 is 2.10 bits per heavy atom. The monoisotopic (exact) mass is 294 g/mol. The van der Waals surface area contributed by atoms with Crippen molar-refractivity contribution in [2.45, 2.75) is 11.8 Å². The molecule has 0 aliphatic rings. The number of nitrogens with zero attached hydrogens (tertiary/aromatic N) is 2. The Morgan fingerprint density at radius 3 is 2.75 bits per heavy atom. The predicted molar refractivity (Wildman–Crippen MR) is 74.2 cm³/mol. The zero-order valence-electron chi connectivity index (χ0n) is 11.0. The highest BCUT2D eigenvalue weighted by molar-refractivity contribution is 7.90. The molecule has 1 aromatic heterocycles. The molecule has 0 saturated heterocycles. The molecule has 0 aliphatic carbocycles. The van der Waals surface area contributed by atoms with Crippen LogP contribution in [0.5, 0.6) is 11.6 Å². The van der Waals surface area contributed by atoms with Crippen molar-refractivity contribution in [3.63, 3.8) is 0 Å². The van der Waals surface area contributed by atoms with Crippen LogP contribution < -0.4 is 16.0 Å². The second kappa shape index (κ2) is 5.43. The third kappa shape index (κ3) is 3.22. The summed E-state index contributed by atoms with van der Waals surface area (Å²) < 4.78 is 28.6. The lowest BCUT2D eigenvalue weighted by Crippen LogP contribution is -2.11. The number of benzene rings is 1. The molecule has 7 nitrogen and oxygen atoms in total. The molecule has 2 aromatic rings. The second-order valence-corrected chi connectivity index (χ2v) is 6.19. The van der Waals surface area contributed by atoms with Crippen LogP contribution in [-0.4, -0.2) is 24.6 Å². The van der Waals surface area contributed by atoms with Gasteiger partial charge < -0.3 is 4.74 Å². The average Bonchev–Trinajstić information content (AvgIpc) is 2.41. The normalized spacial score (nSPS) is 11.2. The molecule has 1 heterocycles. The number of ether oxygens (including phenoxy) is 1. The van der Waals surface area contributed by atoms with E-state index in [1.165, 1.54) is 12.1 Å². The van der Waals surface area contributed by atoms with Crippen molar-refractivity contribution >= 4 is 15.8 Å². The van der Waals surface area contributed by atoms with Crippen LogP contribution in [0, 0.1) is 6.92 Å². The van der Waals surface area contributed by atoms with E-state index in [4.69, 9.17) is 10.6 Å². The summed E-state index contributed by atoms with van der Waals surface area (Å²) in [5, 5.41) is 0. The van der Waals surface area contributed by atoms with Crippen LogP contribution in [0.4, 0.5) is 5.95 Å². The van der Waals surface area contributed by atoms with E-state index in [0.29, 0.717) is 17.2 Å². The molecule has 1 aromatic carbocycles. The molecule has 0 spiro atoms. The minimum Gasteiger partial charge on any atom is -0.439 e. The number of nitrogens with two attached hydrogens (primary N) is 1. The van der Waals surface area contributed by atoms with E-state index in [-0.39, 0.29) is 10.8 Å². The molecule has 0 fully saturated rings. The number of aryl methyl sites for hydroxylation is 1. The summed E-state index contributed by atoms with van der Waals surface area (Å²) in [5.74, 6) is 6.12. The number of hydrogen-bond acceptors (Lipinski definition) is 7. The molecule has 0 atom stereocenters. The third-order valence-corrected chi connectivity index (χ3v) is 3.61. The maximum Gasteiger partial charge on any atom is 0.240 e. The summed E-state index contributed by atoms with van der Waals surface area (Å²) in [6, 6.07) is 6.18. The van der Waals surface area contributed by atoms with Gasteiger partial charge >= 0.3 is 0 Å². The minimum atomic E-state index is -3.29. The Balaban J connectivity index is 2.35. The van der Waals surface area contributed by atoms with Crippen molar-refractivity contribution in [3.8, 4) is 11.6 Å². The molecule has 2 rings (SSSR count). The van der Waals surface area contributed by atoms with E-state index in [1.807, 2.05) is 0 Å². The predicted octanol–water partition coefficient (Wildman–Crippen LogP) is 1.27. The molecule has 0 radical (unpaired) electrons. The summed E-state index contributed by atoms with van der Waals surface area (Å²) in [7, 11) is -3.29. The lowest BCUT2D eigenvalue weighted by molar-refractivity contribution is 0.456.